The highest BCUT2D eigenvalue weighted by Crippen LogP contribution is 2.34. The molecule has 0 aliphatic rings. The first-order valence-corrected chi connectivity index (χ1v) is 6.88. The molecular formula is C16H15ClN2O. The highest BCUT2D eigenvalue weighted by Gasteiger charge is 2.14. The molecule has 1 atom stereocenters. The summed E-state index contributed by atoms with van der Waals surface area (Å²) < 4.78 is 5.42. The normalized spacial score (nSPS) is 12.6. The average Bonchev–Trinajstić information content (AvgIpc) is 2.97. The quantitative estimate of drug-likeness (QED) is 0.739. The van der Waals surface area contributed by atoms with Crippen molar-refractivity contribution in [3.8, 4) is 0 Å². The summed E-state index contributed by atoms with van der Waals surface area (Å²) in [6.45, 7) is 4.05. The van der Waals surface area contributed by atoms with Crippen LogP contribution in [0.2, 0.25) is 5.02 Å². The Balaban J connectivity index is 2.07. The van der Waals surface area contributed by atoms with Gasteiger partial charge in [0.05, 0.1) is 28.5 Å². The van der Waals surface area contributed by atoms with Crippen molar-refractivity contribution >= 4 is 28.2 Å². The zero-order valence-corrected chi connectivity index (χ0v) is 12.1. The number of nitrogens with zero attached hydrogens (tertiary/aromatic N) is 1. The Labute approximate surface area is 122 Å². The number of nitrogens with one attached hydrogen (secondary N) is 1. The number of hydrogen-bond donors (Lipinski definition) is 1. The fourth-order valence-electron chi connectivity index (χ4n) is 2.35. The van der Waals surface area contributed by atoms with Crippen LogP contribution in [0.3, 0.4) is 0 Å². The van der Waals surface area contributed by atoms with E-state index in [1.54, 1.807) is 12.5 Å². The molecule has 1 aromatic carbocycles. The number of anilines is 1. The van der Waals surface area contributed by atoms with Crippen LogP contribution in [0.4, 0.5) is 5.69 Å². The highest BCUT2D eigenvalue weighted by atomic mass is 35.5. The Morgan fingerprint density at radius 2 is 2.15 bits per heavy atom. The van der Waals surface area contributed by atoms with Crippen LogP contribution in [0.15, 0.2) is 47.2 Å². The van der Waals surface area contributed by atoms with Gasteiger partial charge >= 0.3 is 0 Å². The molecule has 3 nitrogen and oxygen atoms in total. The Morgan fingerprint density at radius 3 is 2.90 bits per heavy atom. The number of aromatic nitrogens is 1. The van der Waals surface area contributed by atoms with Gasteiger partial charge < -0.3 is 9.73 Å². The van der Waals surface area contributed by atoms with Gasteiger partial charge in [0.1, 0.15) is 5.76 Å². The summed E-state index contributed by atoms with van der Waals surface area (Å²) in [5.41, 5.74) is 2.93. The number of aryl methyl sites for hydroxylation is 1. The van der Waals surface area contributed by atoms with E-state index in [0.29, 0.717) is 5.02 Å². The minimum absolute atomic E-state index is 0.0358. The van der Waals surface area contributed by atoms with Gasteiger partial charge in [-0.15, -0.1) is 0 Å². The number of pyridine rings is 1. The first-order chi connectivity index (χ1) is 9.66. The van der Waals surface area contributed by atoms with Crippen LogP contribution in [-0.4, -0.2) is 4.98 Å². The lowest BCUT2D eigenvalue weighted by molar-refractivity contribution is 0.491. The summed E-state index contributed by atoms with van der Waals surface area (Å²) in [6, 6.07) is 9.74. The maximum Gasteiger partial charge on any atom is 0.125 e. The molecule has 1 N–H and O–H groups in total. The lowest BCUT2D eigenvalue weighted by Gasteiger charge is -2.17. The maximum absolute atomic E-state index is 6.39. The number of rotatable bonds is 3. The van der Waals surface area contributed by atoms with Crippen LogP contribution < -0.4 is 5.32 Å². The lowest BCUT2D eigenvalue weighted by Crippen LogP contribution is -2.07. The van der Waals surface area contributed by atoms with E-state index in [9.17, 15) is 0 Å². The third-order valence-electron chi connectivity index (χ3n) is 3.36. The molecule has 0 aliphatic carbocycles. The second-order valence-electron chi connectivity index (χ2n) is 4.83. The number of furan rings is 1. The van der Waals surface area contributed by atoms with E-state index >= 15 is 0 Å². The molecule has 0 radical (unpaired) electrons. The minimum Gasteiger partial charge on any atom is -0.467 e. The molecule has 0 saturated carbocycles. The van der Waals surface area contributed by atoms with Crippen molar-refractivity contribution in [2.24, 2.45) is 0 Å². The van der Waals surface area contributed by atoms with Crippen molar-refractivity contribution in [3.05, 3.63) is 59.1 Å². The van der Waals surface area contributed by atoms with E-state index in [2.05, 4.69) is 10.3 Å². The molecule has 0 aliphatic heterocycles. The van der Waals surface area contributed by atoms with Gasteiger partial charge in [-0.05, 0) is 49.7 Å². The van der Waals surface area contributed by atoms with E-state index in [-0.39, 0.29) is 6.04 Å². The fraction of sp³-hybridized carbons (Fsp3) is 0.188. The van der Waals surface area contributed by atoms with Gasteiger partial charge in [0.2, 0.25) is 0 Å². The highest BCUT2D eigenvalue weighted by molar-refractivity contribution is 6.35. The van der Waals surface area contributed by atoms with Crippen LogP contribution in [0.5, 0.6) is 0 Å². The topological polar surface area (TPSA) is 38.1 Å². The van der Waals surface area contributed by atoms with E-state index in [1.807, 2.05) is 44.2 Å². The number of fused-ring (bicyclic) bond motifs is 1. The van der Waals surface area contributed by atoms with Crippen LogP contribution in [0, 0.1) is 6.92 Å². The fourth-order valence-corrected chi connectivity index (χ4v) is 2.67. The van der Waals surface area contributed by atoms with Crippen LogP contribution in [-0.2, 0) is 0 Å². The van der Waals surface area contributed by atoms with Crippen LogP contribution >= 0.6 is 11.6 Å². The predicted molar refractivity (Wildman–Crippen MR) is 82.2 cm³/mol. The Bertz CT molecular complexity index is 738. The first kappa shape index (κ1) is 13.0. The summed E-state index contributed by atoms with van der Waals surface area (Å²) in [7, 11) is 0. The van der Waals surface area contributed by atoms with E-state index < -0.39 is 0 Å². The number of benzene rings is 1. The van der Waals surface area contributed by atoms with Crippen molar-refractivity contribution in [3.63, 3.8) is 0 Å². The molecule has 3 rings (SSSR count). The Kier molecular flexibility index (Phi) is 3.36. The van der Waals surface area contributed by atoms with Gasteiger partial charge in [0.15, 0.2) is 0 Å². The molecule has 3 aromatic rings. The second-order valence-corrected chi connectivity index (χ2v) is 5.24. The van der Waals surface area contributed by atoms with Crippen molar-refractivity contribution < 1.29 is 4.42 Å². The summed E-state index contributed by atoms with van der Waals surface area (Å²) in [6.07, 6.45) is 3.47. The molecule has 102 valence electrons. The van der Waals surface area contributed by atoms with Gasteiger partial charge in [-0.3, -0.25) is 4.98 Å². The van der Waals surface area contributed by atoms with Gasteiger partial charge in [0, 0.05) is 11.6 Å². The van der Waals surface area contributed by atoms with E-state index in [4.69, 9.17) is 16.0 Å². The van der Waals surface area contributed by atoms with Gasteiger partial charge in [-0.25, -0.2) is 0 Å². The average molecular weight is 287 g/mol. The molecule has 2 heterocycles. The molecule has 20 heavy (non-hydrogen) atoms. The Morgan fingerprint density at radius 1 is 1.30 bits per heavy atom. The van der Waals surface area contributed by atoms with Gasteiger partial charge in [-0.2, -0.15) is 0 Å². The Hall–Kier alpha value is -2.00. The molecule has 0 amide bonds. The number of hydrogen-bond acceptors (Lipinski definition) is 3. The maximum atomic E-state index is 6.39. The van der Waals surface area contributed by atoms with Gasteiger partial charge in [0.25, 0.3) is 0 Å². The summed E-state index contributed by atoms with van der Waals surface area (Å²) in [5.74, 6) is 0.874. The molecule has 0 saturated heterocycles. The third-order valence-corrected chi connectivity index (χ3v) is 3.66. The van der Waals surface area contributed by atoms with Crippen molar-refractivity contribution in [2.45, 2.75) is 19.9 Å². The third kappa shape index (κ3) is 2.25. The molecule has 0 bridgehead atoms. The SMILES string of the molecule is Cc1cc(Cl)c(NC(C)c2ccco2)c2cccnc12. The predicted octanol–water partition coefficient (Wildman–Crippen LogP) is 4.96. The number of halogens is 1. The molecule has 2 aromatic heterocycles. The smallest absolute Gasteiger partial charge is 0.125 e. The summed E-state index contributed by atoms with van der Waals surface area (Å²) in [5, 5.41) is 5.14. The summed E-state index contributed by atoms with van der Waals surface area (Å²) in [4.78, 5) is 4.43. The zero-order valence-electron chi connectivity index (χ0n) is 11.4. The first-order valence-electron chi connectivity index (χ1n) is 6.50. The molecule has 0 spiro atoms. The monoisotopic (exact) mass is 286 g/mol. The van der Waals surface area contributed by atoms with Crippen molar-refractivity contribution in [2.75, 3.05) is 5.32 Å². The van der Waals surface area contributed by atoms with E-state index in [0.717, 1.165) is 27.9 Å². The largest absolute Gasteiger partial charge is 0.467 e. The van der Waals surface area contributed by atoms with Crippen LogP contribution in [0.1, 0.15) is 24.3 Å². The molecule has 4 heteroatoms. The van der Waals surface area contributed by atoms with Gasteiger partial charge in [-0.1, -0.05) is 11.6 Å². The minimum atomic E-state index is 0.0358. The standard InChI is InChI=1S/C16H15ClN2O/c1-10-9-13(17)16(12-5-3-7-18-15(10)12)19-11(2)14-6-4-8-20-14/h3-9,11,19H,1-2H3. The molecule has 0 fully saturated rings. The van der Waals surface area contributed by atoms with Crippen molar-refractivity contribution in [1.82, 2.24) is 4.98 Å². The molecular weight excluding hydrogens is 272 g/mol. The van der Waals surface area contributed by atoms with E-state index in [1.165, 1.54) is 0 Å². The van der Waals surface area contributed by atoms with Crippen molar-refractivity contribution in [1.29, 1.82) is 0 Å². The zero-order chi connectivity index (χ0) is 14.1. The molecule has 1 unspecified atom stereocenters. The van der Waals surface area contributed by atoms with Crippen LogP contribution in [0.25, 0.3) is 10.9 Å². The second kappa shape index (κ2) is 5.17. The summed E-state index contributed by atoms with van der Waals surface area (Å²) >= 11 is 6.39. The lowest BCUT2D eigenvalue weighted by atomic mass is 10.1.